The normalized spacial score (nSPS) is 21.1. The van der Waals surface area contributed by atoms with Gasteiger partial charge in [0.05, 0.1) is 0 Å². The maximum atomic E-state index is 4.35. The Kier molecular flexibility index (Phi) is 3.57. The predicted molar refractivity (Wildman–Crippen MR) is 53.6 cm³/mol. The van der Waals surface area contributed by atoms with Crippen molar-refractivity contribution < 1.29 is 0 Å². The molecule has 12 heavy (non-hydrogen) atoms. The van der Waals surface area contributed by atoms with Crippen LogP contribution in [0.1, 0.15) is 32.1 Å². The van der Waals surface area contributed by atoms with E-state index in [-0.39, 0.29) is 0 Å². The van der Waals surface area contributed by atoms with Crippen molar-refractivity contribution in [3.05, 3.63) is 0 Å². The summed E-state index contributed by atoms with van der Waals surface area (Å²) in [6.07, 6.45) is 6.87. The van der Waals surface area contributed by atoms with Gasteiger partial charge in [-0.05, 0) is 12.8 Å². The molecule has 0 atom stereocenters. The first-order chi connectivity index (χ1) is 5.75. The molecule has 2 nitrogen and oxygen atoms in total. The van der Waals surface area contributed by atoms with Crippen molar-refractivity contribution in [1.29, 1.82) is 0 Å². The molecule has 0 N–H and O–H groups in total. The van der Waals surface area contributed by atoms with E-state index in [1.54, 1.807) is 0 Å². The van der Waals surface area contributed by atoms with Crippen LogP contribution in [0.4, 0.5) is 0 Å². The van der Waals surface area contributed by atoms with Gasteiger partial charge in [0.2, 0.25) is 0 Å². The molecule has 0 heterocycles. The van der Waals surface area contributed by atoms with E-state index in [1.807, 2.05) is 7.05 Å². The molecule has 1 saturated carbocycles. The molecule has 2 heteroatoms. The van der Waals surface area contributed by atoms with Crippen LogP contribution in [-0.4, -0.2) is 31.9 Å². The van der Waals surface area contributed by atoms with Gasteiger partial charge in [-0.2, -0.15) is 0 Å². The maximum absolute atomic E-state index is 4.35. The standard InChI is InChI=1S/C10H20N2/c1-11-10(12(2)3)9-7-5-4-6-8-9/h9H,4-8H2,1-3H3. The molecule has 0 aromatic rings. The number of amidine groups is 1. The fraction of sp³-hybridized carbons (Fsp3) is 0.900. The number of aliphatic imine (C=N–C) groups is 1. The summed E-state index contributed by atoms with van der Waals surface area (Å²) in [6, 6.07) is 0. The largest absolute Gasteiger partial charge is 0.366 e. The molecule has 0 amide bonds. The zero-order valence-electron chi connectivity index (χ0n) is 8.51. The molecule has 1 aliphatic rings. The summed E-state index contributed by atoms with van der Waals surface area (Å²) in [5, 5.41) is 0. The van der Waals surface area contributed by atoms with Crippen LogP contribution >= 0.6 is 0 Å². The van der Waals surface area contributed by atoms with Crippen LogP contribution in [0.25, 0.3) is 0 Å². The van der Waals surface area contributed by atoms with Gasteiger partial charge in [0.1, 0.15) is 5.84 Å². The maximum Gasteiger partial charge on any atom is 0.101 e. The minimum Gasteiger partial charge on any atom is -0.366 e. The summed E-state index contributed by atoms with van der Waals surface area (Å²) >= 11 is 0. The van der Waals surface area contributed by atoms with Gasteiger partial charge in [-0.1, -0.05) is 19.3 Å². The van der Waals surface area contributed by atoms with Crippen molar-refractivity contribution >= 4 is 5.84 Å². The molecular weight excluding hydrogens is 148 g/mol. The van der Waals surface area contributed by atoms with Crippen molar-refractivity contribution in [2.24, 2.45) is 10.9 Å². The summed E-state index contributed by atoms with van der Waals surface area (Å²) in [5.74, 6) is 2.02. The molecule has 0 radical (unpaired) electrons. The van der Waals surface area contributed by atoms with Crippen LogP contribution in [0.15, 0.2) is 4.99 Å². The smallest absolute Gasteiger partial charge is 0.101 e. The van der Waals surface area contributed by atoms with E-state index in [0.29, 0.717) is 0 Å². The summed E-state index contributed by atoms with van der Waals surface area (Å²) in [4.78, 5) is 6.52. The molecule has 0 aromatic carbocycles. The van der Waals surface area contributed by atoms with Crippen molar-refractivity contribution in [3.8, 4) is 0 Å². The van der Waals surface area contributed by atoms with Gasteiger partial charge >= 0.3 is 0 Å². The third-order valence-corrected chi connectivity index (χ3v) is 2.66. The topological polar surface area (TPSA) is 15.6 Å². The van der Waals surface area contributed by atoms with E-state index >= 15 is 0 Å². The van der Waals surface area contributed by atoms with Crippen molar-refractivity contribution in [2.45, 2.75) is 32.1 Å². The van der Waals surface area contributed by atoms with E-state index in [9.17, 15) is 0 Å². The molecule has 1 fully saturated rings. The lowest BCUT2D eigenvalue weighted by Crippen LogP contribution is -2.31. The van der Waals surface area contributed by atoms with Crippen LogP contribution in [0.2, 0.25) is 0 Å². The van der Waals surface area contributed by atoms with Gasteiger partial charge in [-0.15, -0.1) is 0 Å². The van der Waals surface area contributed by atoms with Gasteiger partial charge in [-0.3, -0.25) is 4.99 Å². The third kappa shape index (κ3) is 2.23. The molecule has 0 aliphatic heterocycles. The van der Waals surface area contributed by atoms with Crippen LogP contribution in [0.3, 0.4) is 0 Å². The van der Waals surface area contributed by atoms with E-state index in [1.165, 1.54) is 37.9 Å². The van der Waals surface area contributed by atoms with Gasteiger partial charge in [-0.25, -0.2) is 0 Å². The highest BCUT2D eigenvalue weighted by molar-refractivity contribution is 5.84. The number of hydrogen-bond acceptors (Lipinski definition) is 1. The van der Waals surface area contributed by atoms with Gasteiger partial charge in [0.15, 0.2) is 0 Å². The molecule has 1 rings (SSSR count). The second-order valence-electron chi connectivity index (χ2n) is 3.81. The van der Waals surface area contributed by atoms with E-state index in [4.69, 9.17) is 0 Å². The van der Waals surface area contributed by atoms with Crippen molar-refractivity contribution in [2.75, 3.05) is 21.1 Å². The summed E-state index contributed by atoms with van der Waals surface area (Å²) in [7, 11) is 6.10. The highest BCUT2D eigenvalue weighted by Gasteiger charge is 2.19. The van der Waals surface area contributed by atoms with E-state index < -0.39 is 0 Å². The Labute approximate surface area is 75.7 Å². The Morgan fingerprint density at radius 2 is 1.75 bits per heavy atom. The van der Waals surface area contributed by atoms with Crippen LogP contribution < -0.4 is 0 Å². The van der Waals surface area contributed by atoms with Gasteiger partial charge < -0.3 is 4.90 Å². The second kappa shape index (κ2) is 4.48. The molecule has 0 unspecified atom stereocenters. The lowest BCUT2D eigenvalue weighted by atomic mass is 9.88. The summed E-state index contributed by atoms with van der Waals surface area (Å²) < 4.78 is 0. The highest BCUT2D eigenvalue weighted by Crippen LogP contribution is 2.25. The summed E-state index contributed by atoms with van der Waals surface area (Å²) in [5.41, 5.74) is 0. The zero-order valence-corrected chi connectivity index (χ0v) is 8.51. The summed E-state index contributed by atoms with van der Waals surface area (Å²) in [6.45, 7) is 0. The first-order valence-electron chi connectivity index (χ1n) is 4.89. The number of hydrogen-bond donors (Lipinski definition) is 0. The molecule has 0 saturated heterocycles. The molecule has 70 valence electrons. The van der Waals surface area contributed by atoms with Gasteiger partial charge in [0.25, 0.3) is 0 Å². The van der Waals surface area contributed by atoms with E-state index in [2.05, 4.69) is 24.0 Å². The molecule has 0 aromatic heterocycles. The molecular formula is C10H20N2. The van der Waals surface area contributed by atoms with Crippen molar-refractivity contribution in [3.63, 3.8) is 0 Å². The molecule has 0 spiro atoms. The fourth-order valence-electron chi connectivity index (χ4n) is 2.11. The number of nitrogens with zero attached hydrogens (tertiary/aromatic N) is 2. The fourth-order valence-corrected chi connectivity index (χ4v) is 2.11. The quantitative estimate of drug-likeness (QED) is 0.433. The molecule has 1 aliphatic carbocycles. The number of rotatable bonds is 1. The van der Waals surface area contributed by atoms with Crippen LogP contribution in [0.5, 0.6) is 0 Å². The third-order valence-electron chi connectivity index (χ3n) is 2.66. The predicted octanol–water partition coefficient (Wildman–Crippen LogP) is 2.16. The SMILES string of the molecule is CN=C(C1CCCCC1)N(C)C. The van der Waals surface area contributed by atoms with Crippen molar-refractivity contribution in [1.82, 2.24) is 4.90 Å². The van der Waals surface area contributed by atoms with E-state index in [0.717, 1.165) is 5.92 Å². The van der Waals surface area contributed by atoms with Crippen LogP contribution in [-0.2, 0) is 0 Å². The van der Waals surface area contributed by atoms with Crippen LogP contribution in [0, 0.1) is 5.92 Å². The lowest BCUT2D eigenvalue weighted by Gasteiger charge is -2.27. The zero-order chi connectivity index (χ0) is 8.97. The Morgan fingerprint density at radius 1 is 1.17 bits per heavy atom. The Hall–Kier alpha value is -0.530. The lowest BCUT2D eigenvalue weighted by molar-refractivity contribution is 0.407. The Morgan fingerprint density at radius 3 is 2.17 bits per heavy atom. The first-order valence-corrected chi connectivity index (χ1v) is 4.89. The first kappa shape index (κ1) is 9.56. The monoisotopic (exact) mass is 168 g/mol. The average Bonchev–Trinajstić information content (AvgIpc) is 2.07. The molecule has 0 bridgehead atoms. The average molecular weight is 168 g/mol. The van der Waals surface area contributed by atoms with Gasteiger partial charge in [0, 0.05) is 27.1 Å². The minimum absolute atomic E-state index is 0.735. The highest BCUT2D eigenvalue weighted by atomic mass is 15.1. The second-order valence-corrected chi connectivity index (χ2v) is 3.81. The minimum atomic E-state index is 0.735. The Bertz CT molecular complexity index is 155. The Balaban J connectivity index is 2.53.